The van der Waals surface area contributed by atoms with E-state index in [4.69, 9.17) is 0 Å². The molecule has 76 valence electrons. The molecule has 0 saturated heterocycles. The van der Waals surface area contributed by atoms with E-state index in [0.717, 1.165) is 12.6 Å². The van der Waals surface area contributed by atoms with Crippen LogP contribution in [0.25, 0.3) is 0 Å². The highest BCUT2D eigenvalue weighted by molar-refractivity contribution is 5.01. The average Bonchev–Trinajstić information content (AvgIpc) is 2.55. The number of likely N-dealkylation sites (N-methyl/N-ethyl adjacent to an activating group) is 1. The predicted octanol–water partition coefficient (Wildman–Crippen LogP) is 3.07. The van der Waals surface area contributed by atoms with Gasteiger partial charge in [0, 0.05) is 12.6 Å². The quantitative estimate of drug-likeness (QED) is 0.602. The first-order valence-electron chi connectivity index (χ1n) is 5.49. The van der Waals surface area contributed by atoms with Crippen LogP contribution in [-0.2, 0) is 0 Å². The smallest absolute Gasteiger partial charge is 0.0192 e. The zero-order chi connectivity index (χ0) is 9.84. The van der Waals surface area contributed by atoms with E-state index >= 15 is 0 Å². The summed E-state index contributed by atoms with van der Waals surface area (Å²) in [6.45, 7) is 9.66. The van der Waals surface area contributed by atoms with Crippen LogP contribution < -0.4 is 0 Å². The van der Waals surface area contributed by atoms with E-state index in [9.17, 15) is 0 Å². The summed E-state index contributed by atoms with van der Waals surface area (Å²) in [5.74, 6) is 0.629. The van der Waals surface area contributed by atoms with Crippen molar-refractivity contribution in [2.24, 2.45) is 5.92 Å². The third-order valence-corrected chi connectivity index (χ3v) is 3.22. The van der Waals surface area contributed by atoms with Gasteiger partial charge in [-0.15, -0.1) is 0 Å². The molecule has 1 aliphatic rings. The molecule has 0 aromatic heterocycles. The molecule has 0 spiro atoms. The summed E-state index contributed by atoms with van der Waals surface area (Å²) in [6.07, 6.45) is 5.62. The molecule has 1 nitrogen and oxygen atoms in total. The standard InChI is InChI=1S/C12H23N/c1-10(2)11(3)9-13(4)12-7-5-6-8-12/h10,12H,3,5-9H2,1-2,4H3. The molecule has 0 aromatic carbocycles. The minimum atomic E-state index is 0.629. The summed E-state index contributed by atoms with van der Waals surface area (Å²) in [6, 6.07) is 0.829. The minimum absolute atomic E-state index is 0.629. The van der Waals surface area contributed by atoms with Gasteiger partial charge in [-0.1, -0.05) is 38.8 Å². The Morgan fingerprint density at radius 3 is 2.38 bits per heavy atom. The van der Waals surface area contributed by atoms with E-state index in [2.05, 4.69) is 32.4 Å². The molecule has 0 aromatic rings. The molecule has 0 unspecified atom stereocenters. The second kappa shape index (κ2) is 4.80. The Kier molecular flexibility index (Phi) is 3.98. The molecule has 0 radical (unpaired) electrons. The largest absolute Gasteiger partial charge is 0.299 e. The molecule has 1 heteroatoms. The SMILES string of the molecule is C=C(CN(C)C1CCCC1)C(C)C. The van der Waals surface area contributed by atoms with Gasteiger partial charge in [0.05, 0.1) is 0 Å². The minimum Gasteiger partial charge on any atom is -0.299 e. The Labute approximate surface area is 82.8 Å². The number of hydrogen-bond acceptors (Lipinski definition) is 1. The van der Waals surface area contributed by atoms with Crippen molar-refractivity contribution in [3.8, 4) is 0 Å². The Bertz CT molecular complexity index is 166. The summed E-state index contributed by atoms with van der Waals surface area (Å²) in [5.41, 5.74) is 1.37. The van der Waals surface area contributed by atoms with Gasteiger partial charge in [0.2, 0.25) is 0 Å². The zero-order valence-corrected chi connectivity index (χ0v) is 9.34. The van der Waals surface area contributed by atoms with Gasteiger partial charge < -0.3 is 0 Å². The van der Waals surface area contributed by atoms with E-state index in [1.165, 1.54) is 31.3 Å². The molecule has 0 N–H and O–H groups in total. The van der Waals surface area contributed by atoms with Crippen molar-refractivity contribution >= 4 is 0 Å². The van der Waals surface area contributed by atoms with Crippen molar-refractivity contribution < 1.29 is 0 Å². The van der Waals surface area contributed by atoms with Crippen molar-refractivity contribution in [1.29, 1.82) is 0 Å². The first-order valence-corrected chi connectivity index (χ1v) is 5.49. The van der Waals surface area contributed by atoms with Gasteiger partial charge in [0.1, 0.15) is 0 Å². The number of hydrogen-bond donors (Lipinski definition) is 0. The Morgan fingerprint density at radius 1 is 1.38 bits per heavy atom. The molecule has 1 fully saturated rings. The second-order valence-corrected chi connectivity index (χ2v) is 4.67. The van der Waals surface area contributed by atoms with Gasteiger partial charge in [-0.05, 0) is 25.8 Å². The van der Waals surface area contributed by atoms with Crippen molar-refractivity contribution in [3.05, 3.63) is 12.2 Å². The third kappa shape index (κ3) is 3.15. The maximum absolute atomic E-state index is 4.12. The fourth-order valence-electron chi connectivity index (χ4n) is 1.98. The molecule has 0 atom stereocenters. The summed E-state index contributed by atoms with van der Waals surface area (Å²) < 4.78 is 0. The average molecular weight is 181 g/mol. The fourth-order valence-corrected chi connectivity index (χ4v) is 1.98. The maximum atomic E-state index is 4.12. The topological polar surface area (TPSA) is 3.24 Å². The second-order valence-electron chi connectivity index (χ2n) is 4.67. The lowest BCUT2D eigenvalue weighted by atomic mass is 10.0. The summed E-state index contributed by atoms with van der Waals surface area (Å²) in [5, 5.41) is 0. The van der Waals surface area contributed by atoms with E-state index in [-0.39, 0.29) is 0 Å². The van der Waals surface area contributed by atoms with Gasteiger partial charge in [-0.3, -0.25) is 4.90 Å². The van der Waals surface area contributed by atoms with Crippen LogP contribution in [0.1, 0.15) is 39.5 Å². The van der Waals surface area contributed by atoms with E-state index in [1.807, 2.05) is 0 Å². The highest BCUT2D eigenvalue weighted by Gasteiger charge is 2.19. The molecular weight excluding hydrogens is 158 g/mol. The van der Waals surface area contributed by atoms with Crippen molar-refractivity contribution in [1.82, 2.24) is 4.90 Å². The highest BCUT2D eigenvalue weighted by Crippen LogP contribution is 2.23. The Hall–Kier alpha value is -0.300. The molecule has 0 bridgehead atoms. The fraction of sp³-hybridized carbons (Fsp3) is 0.833. The first-order chi connectivity index (χ1) is 6.11. The molecular formula is C12H23N. The van der Waals surface area contributed by atoms with Crippen LogP contribution in [0.15, 0.2) is 12.2 Å². The van der Waals surface area contributed by atoms with Crippen molar-refractivity contribution in [2.75, 3.05) is 13.6 Å². The number of nitrogens with zero attached hydrogens (tertiary/aromatic N) is 1. The Balaban J connectivity index is 2.31. The van der Waals surface area contributed by atoms with Crippen molar-refractivity contribution in [3.63, 3.8) is 0 Å². The molecule has 0 heterocycles. The molecule has 1 rings (SSSR count). The number of rotatable bonds is 4. The van der Waals surface area contributed by atoms with Crippen LogP contribution in [0.2, 0.25) is 0 Å². The monoisotopic (exact) mass is 181 g/mol. The summed E-state index contributed by atoms with van der Waals surface area (Å²) in [4.78, 5) is 2.48. The Morgan fingerprint density at radius 2 is 1.92 bits per heavy atom. The van der Waals surface area contributed by atoms with Crippen LogP contribution in [0, 0.1) is 5.92 Å². The van der Waals surface area contributed by atoms with Gasteiger partial charge in [0.25, 0.3) is 0 Å². The summed E-state index contributed by atoms with van der Waals surface area (Å²) >= 11 is 0. The molecule has 0 amide bonds. The lowest BCUT2D eigenvalue weighted by Crippen LogP contribution is -2.31. The van der Waals surface area contributed by atoms with E-state index in [1.54, 1.807) is 0 Å². The van der Waals surface area contributed by atoms with Crippen molar-refractivity contribution in [2.45, 2.75) is 45.6 Å². The molecule has 13 heavy (non-hydrogen) atoms. The van der Waals surface area contributed by atoms with Crippen LogP contribution in [-0.4, -0.2) is 24.5 Å². The van der Waals surface area contributed by atoms with Gasteiger partial charge >= 0.3 is 0 Å². The predicted molar refractivity (Wildman–Crippen MR) is 58.9 cm³/mol. The lowest BCUT2D eigenvalue weighted by molar-refractivity contribution is 0.260. The first kappa shape index (κ1) is 10.8. The molecule has 1 saturated carbocycles. The van der Waals surface area contributed by atoms with E-state index < -0.39 is 0 Å². The third-order valence-electron chi connectivity index (χ3n) is 3.22. The lowest BCUT2D eigenvalue weighted by Gasteiger charge is -2.26. The van der Waals surface area contributed by atoms with Crippen LogP contribution in [0.5, 0.6) is 0 Å². The van der Waals surface area contributed by atoms with Crippen LogP contribution in [0.3, 0.4) is 0 Å². The van der Waals surface area contributed by atoms with E-state index in [0.29, 0.717) is 5.92 Å². The zero-order valence-electron chi connectivity index (χ0n) is 9.34. The van der Waals surface area contributed by atoms with Gasteiger partial charge in [-0.2, -0.15) is 0 Å². The summed E-state index contributed by atoms with van der Waals surface area (Å²) in [7, 11) is 2.24. The van der Waals surface area contributed by atoms with Crippen LogP contribution >= 0.6 is 0 Å². The van der Waals surface area contributed by atoms with Gasteiger partial charge in [0.15, 0.2) is 0 Å². The maximum Gasteiger partial charge on any atom is 0.0192 e. The highest BCUT2D eigenvalue weighted by atomic mass is 15.1. The van der Waals surface area contributed by atoms with Gasteiger partial charge in [-0.25, -0.2) is 0 Å². The normalized spacial score (nSPS) is 18.8. The van der Waals surface area contributed by atoms with Crippen LogP contribution in [0.4, 0.5) is 0 Å². The molecule has 0 aliphatic heterocycles. The molecule has 1 aliphatic carbocycles.